The maximum atomic E-state index is 13.0. The van der Waals surface area contributed by atoms with E-state index in [2.05, 4.69) is 0 Å². The van der Waals surface area contributed by atoms with Crippen LogP contribution in [0.2, 0.25) is 0 Å². The molecule has 2 aromatic carbocycles. The summed E-state index contributed by atoms with van der Waals surface area (Å²) in [6.07, 6.45) is 0.303. The fraction of sp³-hybridized carbons (Fsp3) is 0.235. The third-order valence-corrected chi connectivity index (χ3v) is 3.62. The van der Waals surface area contributed by atoms with Crippen LogP contribution in [0.25, 0.3) is 0 Å². The molecule has 5 heteroatoms. The lowest BCUT2D eigenvalue weighted by atomic mass is 9.92. The van der Waals surface area contributed by atoms with E-state index in [4.69, 9.17) is 9.47 Å². The third-order valence-electron chi connectivity index (χ3n) is 3.62. The molecule has 1 unspecified atom stereocenters. The van der Waals surface area contributed by atoms with Gasteiger partial charge in [0.25, 0.3) is 0 Å². The third kappa shape index (κ3) is 3.03. The van der Waals surface area contributed by atoms with Gasteiger partial charge in [-0.1, -0.05) is 18.2 Å². The van der Waals surface area contributed by atoms with Gasteiger partial charge in [0.1, 0.15) is 19.0 Å². The lowest BCUT2D eigenvalue weighted by molar-refractivity contribution is -0.138. The van der Waals surface area contributed by atoms with Crippen LogP contribution in [-0.4, -0.2) is 24.3 Å². The van der Waals surface area contributed by atoms with Gasteiger partial charge >= 0.3 is 5.97 Å². The maximum Gasteiger partial charge on any atom is 0.311 e. The van der Waals surface area contributed by atoms with Crippen LogP contribution in [-0.2, 0) is 11.2 Å². The summed E-state index contributed by atoms with van der Waals surface area (Å²) in [6, 6.07) is 11.0. The number of halogens is 1. The van der Waals surface area contributed by atoms with E-state index in [9.17, 15) is 14.3 Å². The first kappa shape index (κ1) is 14.4. The quantitative estimate of drug-likeness (QED) is 0.943. The van der Waals surface area contributed by atoms with E-state index in [0.29, 0.717) is 36.7 Å². The Morgan fingerprint density at radius 3 is 2.45 bits per heavy atom. The Morgan fingerprint density at radius 2 is 1.77 bits per heavy atom. The molecular weight excluding hydrogens is 287 g/mol. The monoisotopic (exact) mass is 302 g/mol. The number of hydrogen-bond donors (Lipinski definition) is 1. The lowest BCUT2D eigenvalue weighted by Gasteiger charge is -2.20. The highest BCUT2D eigenvalue weighted by molar-refractivity contribution is 5.76. The van der Waals surface area contributed by atoms with Crippen LogP contribution in [0.3, 0.4) is 0 Å². The van der Waals surface area contributed by atoms with Crippen molar-refractivity contribution in [2.75, 3.05) is 13.2 Å². The Morgan fingerprint density at radius 1 is 1.09 bits per heavy atom. The summed E-state index contributed by atoms with van der Waals surface area (Å²) in [5.41, 5.74) is 1.41. The standard InChI is InChI=1S/C17H15FO4/c18-13-4-2-12(3-5-13)14(17(19)20)9-11-1-6-15-16(10-11)22-8-7-21-15/h1-6,10,14H,7-9H2,(H,19,20). The van der Waals surface area contributed by atoms with Gasteiger partial charge in [0.15, 0.2) is 11.5 Å². The van der Waals surface area contributed by atoms with Gasteiger partial charge in [0.2, 0.25) is 0 Å². The Balaban J connectivity index is 1.85. The molecule has 4 nitrogen and oxygen atoms in total. The number of hydrogen-bond acceptors (Lipinski definition) is 3. The van der Waals surface area contributed by atoms with E-state index < -0.39 is 11.9 Å². The molecular formula is C17H15FO4. The summed E-state index contributed by atoms with van der Waals surface area (Å²) in [4.78, 5) is 11.5. The van der Waals surface area contributed by atoms with Gasteiger partial charge in [0.05, 0.1) is 5.92 Å². The van der Waals surface area contributed by atoms with Crippen molar-refractivity contribution >= 4 is 5.97 Å². The number of fused-ring (bicyclic) bond motifs is 1. The molecule has 2 aromatic rings. The number of carboxylic acids is 1. The number of carbonyl (C=O) groups is 1. The second kappa shape index (κ2) is 6.05. The zero-order valence-corrected chi connectivity index (χ0v) is 11.8. The highest BCUT2D eigenvalue weighted by Gasteiger charge is 2.21. The molecule has 0 saturated heterocycles. The first-order valence-electron chi connectivity index (χ1n) is 7.00. The Kier molecular flexibility index (Phi) is 3.96. The first-order chi connectivity index (χ1) is 10.6. The van der Waals surface area contributed by atoms with Crippen molar-refractivity contribution < 1.29 is 23.8 Å². The molecule has 0 spiro atoms. The second-order valence-electron chi connectivity index (χ2n) is 5.12. The molecule has 1 aliphatic heterocycles. The average molecular weight is 302 g/mol. The van der Waals surface area contributed by atoms with Crippen LogP contribution in [0, 0.1) is 5.82 Å². The fourth-order valence-corrected chi connectivity index (χ4v) is 2.49. The maximum absolute atomic E-state index is 13.0. The minimum Gasteiger partial charge on any atom is -0.486 e. The molecule has 0 aromatic heterocycles. The predicted molar refractivity (Wildman–Crippen MR) is 77.9 cm³/mol. The van der Waals surface area contributed by atoms with Gasteiger partial charge < -0.3 is 14.6 Å². The molecule has 22 heavy (non-hydrogen) atoms. The highest BCUT2D eigenvalue weighted by atomic mass is 19.1. The Labute approximate surface area is 127 Å². The largest absolute Gasteiger partial charge is 0.486 e. The summed E-state index contributed by atoms with van der Waals surface area (Å²) in [6.45, 7) is 0.996. The number of rotatable bonds is 4. The topological polar surface area (TPSA) is 55.8 Å². The Bertz CT molecular complexity index is 682. The van der Waals surface area contributed by atoms with Crippen molar-refractivity contribution in [3.05, 3.63) is 59.4 Å². The van der Waals surface area contributed by atoms with Gasteiger partial charge in [-0.25, -0.2) is 4.39 Å². The molecule has 0 amide bonds. The summed E-state index contributed by atoms with van der Waals surface area (Å²) in [5, 5.41) is 9.45. The zero-order chi connectivity index (χ0) is 15.5. The number of ether oxygens (including phenoxy) is 2. The van der Waals surface area contributed by atoms with E-state index in [0.717, 1.165) is 5.56 Å². The lowest BCUT2D eigenvalue weighted by Crippen LogP contribution is -2.17. The van der Waals surface area contributed by atoms with Crippen LogP contribution in [0.1, 0.15) is 17.0 Å². The molecule has 0 bridgehead atoms. The molecule has 114 valence electrons. The summed E-state index contributed by atoms with van der Waals surface area (Å²) in [5.74, 6) is -0.757. The van der Waals surface area contributed by atoms with Crippen LogP contribution in [0.15, 0.2) is 42.5 Å². The first-order valence-corrected chi connectivity index (χ1v) is 7.00. The number of benzene rings is 2. The number of aliphatic carboxylic acids is 1. The smallest absolute Gasteiger partial charge is 0.311 e. The van der Waals surface area contributed by atoms with Crippen LogP contribution < -0.4 is 9.47 Å². The van der Waals surface area contributed by atoms with Crippen LogP contribution in [0.5, 0.6) is 11.5 Å². The molecule has 0 saturated carbocycles. The molecule has 0 fully saturated rings. The minimum atomic E-state index is -0.943. The van der Waals surface area contributed by atoms with E-state index >= 15 is 0 Å². The van der Waals surface area contributed by atoms with Gasteiger partial charge in [-0.3, -0.25) is 4.79 Å². The molecule has 0 radical (unpaired) electrons. The van der Waals surface area contributed by atoms with Crippen molar-refractivity contribution in [2.45, 2.75) is 12.3 Å². The molecule has 0 aliphatic carbocycles. The van der Waals surface area contributed by atoms with Crippen LogP contribution in [0.4, 0.5) is 4.39 Å². The molecule has 1 aliphatic rings. The van der Waals surface area contributed by atoms with E-state index in [-0.39, 0.29) is 5.82 Å². The van der Waals surface area contributed by atoms with E-state index in [1.165, 1.54) is 24.3 Å². The molecule has 1 atom stereocenters. The van der Waals surface area contributed by atoms with E-state index in [1.54, 1.807) is 12.1 Å². The van der Waals surface area contributed by atoms with Gasteiger partial charge in [0, 0.05) is 0 Å². The SMILES string of the molecule is O=C(O)C(Cc1ccc2c(c1)OCCO2)c1ccc(F)cc1. The molecule has 1 heterocycles. The molecule has 3 rings (SSSR count). The van der Waals surface area contributed by atoms with Crippen molar-refractivity contribution in [2.24, 2.45) is 0 Å². The predicted octanol–water partition coefficient (Wildman–Crippen LogP) is 3.01. The highest BCUT2D eigenvalue weighted by Crippen LogP contribution is 2.32. The normalized spacial score (nSPS) is 14.4. The van der Waals surface area contributed by atoms with Crippen LogP contribution >= 0.6 is 0 Å². The van der Waals surface area contributed by atoms with Crippen molar-refractivity contribution in [1.82, 2.24) is 0 Å². The summed E-state index contributed by atoms with van der Waals surface area (Å²) >= 11 is 0. The zero-order valence-electron chi connectivity index (χ0n) is 11.8. The van der Waals surface area contributed by atoms with Crippen molar-refractivity contribution in [3.8, 4) is 11.5 Å². The molecule has 1 N–H and O–H groups in total. The minimum absolute atomic E-state index is 0.303. The number of carboxylic acid groups (broad SMARTS) is 1. The summed E-state index contributed by atoms with van der Waals surface area (Å²) in [7, 11) is 0. The van der Waals surface area contributed by atoms with Crippen molar-refractivity contribution in [3.63, 3.8) is 0 Å². The van der Waals surface area contributed by atoms with Gasteiger partial charge in [-0.15, -0.1) is 0 Å². The fourth-order valence-electron chi connectivity index (χ4n) is 2.49. The van der Waals surface area contributed by atoms with E-state index in [1.807, 2.05) is 6.07 Å². The van der Waals surface area contributed by atoms with Crippen molar-refractivity contribution in [1.29, 1.82) is 0 Å². The van der Waals surface area contributed by atoms with Gasteiger partial charge in [-0.2, -0.15) is 0 Å². The summed E-state index contributed by atoms with van der Waals surface area (Å²) < 4.78 is 23.9. The second-order valence-corrected chi connectivity index (χ2v) is 5.12. The van der Waals surface area contributed by atoms with Gasteiger partial charge in [-0.05, 0) is 41.8 Å². The average Bonchev–Trinajstić information content (AvgIpc) is 2.53. The Hall–Kier alpha value is -2.56.